The largest absolute Gasteiger partial charge is 0.384 e. The van der Waals surface area contributed by atoms with Crippen LogP contribution in [0.3, 0.4) is 0 Å². The van der Waals surface area contributed by atoms with E-state index in [9.17, 15) is 0 Å². The van der Waals surface area contributed by atoms with Crippen molar-refractivity contribution in [3.8, 4) is 21.3 Å². The molecule has 0 unspecified atom stereocenters. The predicted octanol–water partition coefficient (Wildman–Crippen LogP) is 5.05. The molecule has 3 heterocycles. The molecule has 0 aliphatic heterocycles. The number of hydrogen-bond donors (Lipinski definition) is 4. The highest BCUT2D eigenvalue weighted by atomic mass is 35.5. The molecule has 0 saturated heterocycles. The molecule has 0 bridgehead atoms. The van der Waals surface area contributed by atoms with Gasteiger partial charge in [0, 0.05) is 22.9 Å². The molecule has 2 aromatic carbocycles. The van der Waals surface area contributed by atoms with E-state index in [0.29, 0.717) is 11.1 Å². The molecule has 0 spiro atoms. The van der Waals surface area contributed by atoms with Gasteiger partial charge in [-0.1, -0.05) is 0 Å². The van der Waals surface area contributed by atoms with Gasteiger partial charge in [-0.2, -0.15) is 0 Å². The van der Waals surface area contributed by atoms with Crippen molar-refractivity contribution in [3.05, 3.63) is 65.9 Å². The smallest absolute Gasteiger partial charge is 0.143 e. The first kappa shape index (κ1) is 23.6. The van der Waals surface area contributed by atoms with Gasteiger partial charge in [0.1, 0.15) is 27.4 Å². The van der Waals surface area contributed by atoms with Crippen LogP contribution in [0.1, 0.15) is 11.1 Å². The molecule has 0 aliphatic carbocycles. The molecule has 5 rings (SSSR count). The van der Waals surface area contributed by atoms with Crippen LogP contribution in [-0.4, -0.2) is 26.6 Å². The minimum atomic E-state index is 0. The van der Waals surface area contributed by atoms with Gasteiger partial charge in [0.2, 0.25) is 0 Å². The number of amidine groups is 2. The highest BCUT2D eigenvalue weighted by Crippen LogP contribution is 2.38. The van der Waals surface area contributed by atoms with Crippen LogP contribution in [0, 0.1) is 10.8 Å². The van der Waals surface area contributed by atoms with Crippen LogP contribution in [0.5, 0.6) is 0 Å². The number of pyridine rings is 1. The molecule has 162 valence electrons. The number of nitrogens with two attached hydrogens (primary N) is 2. The van der Waals surface area contributed by atoms with Crippen molar-refractivity contribution < 1.29 is 0 Å². The Morgan fingerprint density at radius 3 is 1.84 bits per heavy atom. The Balaban J connectivity index is 0.00000144. The summed E-state index contributed by atoms with van der Waals surface area (Å²) in [4.78, 5) is 14.1. The highest BCUT2D eigenvalue weighted by molar-refractivity contribution is 7.22. The molecule has 0 aliphatic rings. The van der Waals surface area contributed by atoms with Gasteiger partial charge in [0.25, 0.3) is 0 Å². The lowest BCUT2D eigenvalue weighted by atomic mass is 10.2. The van der Waals surface area contributed by atoms with E-state index in [1.165, 1.54) is 22.7 Å². The molecule has 3 aromatic heterocycles. The second-order valence-corrected chi connectivity index (χ2v) is 8.69. The molecular formula is C21H17Cl2N7S2. The van der Waals surface area contributed by atoms with Crippen LogP contribution in [0.25, 0.3) is 41.7 Å². The summed E-state index contributed by atoms with van der Waals surface area (Å²) in [6, 6.07) is 15.0. The Labute approximate surface area is 203 Å². The summed E-state index contributed by atoms with van der Waals surface area (Å²) >= 11 is 3.04. The Kier molecular flexibility index (Phi) is 6.75. The summed E-state index contributed by atoms with van der Waals surface area (Å²) in [6.45, 7) is 0. The number of aromatic nitrogens is 3. The predicted molar refractivity (Wildman–Crippen MR) is 138 cm³/mol. The van der Waals surface area contributed by atoms with Gasteiger partial charge < -0.3 is 11.5 Å². The van der Waals surface area contributed by atoms with Crippen LogP contribution in [-0.2, 0) is 0 Å². The van der Waals surface area contributed by atoms with Crippen molar-refractivity contribution in [2.45, 2.75) is 0 Å². The van der Waals surface area contributed by atoms with Crippen LogP contribution >= 0.6 is 47.5 Å². The van der Waals surface area contributed by atoms with E-state index in [2.05, 4.69) is 4.98 Å². The zero-order chi connectivity index (χ0) is 20.8. The van der Waals surface area contributed by atoms with Gasteiger partial charge in [0.05, 0.1) is 20.4 Å². The number of halogens is 2. The zero-order valence-electron chi connectivity index (χ0n) is 16.3. The maximum Gasteiger partial charge on any atom is 0.143 e. The van der Waals surface area contributed by atoms with E-state index < -0.39 is 0 Å². The maximum absolute atomic E-state index is 7.65. The van der Waals surface area contributed by atoms with Gasteiger partial charge in [-0.3, -0.25) is 15.8 Å². The molecule has 5 aromatic rings. The number of rotatable bonds is 4. The van der Waals surface area contributed by atoms with Crippen molar-refractivity contribution in [1.82, 2.24) is 15.0 Å². The van der Waals surface area contributed by atoms with Crippen molar-refractivity contribution in [1.29, 1.82) is 10.8 Å². The average Bonchev–Trinajstić information content (AvgIpc) is 3.36. The first-order valence-electron chi connectivity index (χ1n) is 8.95. The molecule has 32 heavy (non-hydrogen) atoms. The van der Waals surface area contributed by atoms with E-state index in [1.54, 1.807) is 18.3 Å². The number of fused-ring (bicyclic) bond motifs is 2. The molecule has 0 atom stereocenters. The van der Waals surface area contributed by atoms with Gasteiger partial charge in [-0.15, -0.1) is 47.5 Å². The van der Waals surface area contributed by atoms with Gasteiger partial charge >= 0.3 is 0 Å². The van der Waals surface area contributed by atoms with E-state index in [1.807, 2.05) is 36.4 Å². The van der Waals surface area contributed by atoms with Gasteiger partial charge in [0.15, 0.2) is 0 Å². The molecule has 7 nitrogen and oxygen atoms in total. The van der Waals surface area contributed by atoms with Gasteiger partial charge in [-0.05, 0) is 48.5 Å². The van der Waals surface area contributed by atoms with Crippen molar-refractivity contribution >= 4 is 79.6 Å². The molecular weight excluding hydrogens is 485 g/mol. The molecule has 11 heteroatoms. The molecule has 6 N–H and O–H groups in total. The van der Waals surface area contributed by atoms with E-state index in [4.69, 9.17) is 32.3 Å². The first-order valence-corrected chi connectivity index (χ1v) is 10.6. The quantitative estimate of drug-likeness (QED) is 0.201. The number of thiazole rings is 2. The normalized spacial score (nSPS) is 10.5. The fourth-order valence-corrected chi connectivity index (χ4v) is 5.20. The SMILES string of the molecule is Cl.Cl.N=C(N)c1ccc2nc(-c3cccnc3-c3nc4ccc(C(=N)N)cc4s3)sc2c1. The third-order valence-corrected chi connectivity index (χ3v) is 6.72. The minimum absolute atomic E-state index is 0. The number of benzene rings is 2. The van der Waals surface area contributed by atoms with Crippen LogP contribution in [0.4, 0.5) is 0 Å². The second-order valence-electron chi connectivity index (χ2n) is 6.63. The van der Waals surface area contributed by atoms with Gasteiger partial charge in [-0.25, -0.2) is 9.97 Å². The average molecular weight is 502 g/mol. The summed E-state index contributed by atoms with van der Waals surface area (Å²) in [5.74, 6) is 0.0677. The van der Waals surface area contributed by atoms with Crippen molar-refractivity contribution in [2.24, 2.45) is 11.5 Å². The summed E-state index contributed by atoms with van der Waals surface area (Å²) < 4.78 is 1.91. The minimum Gasteiger partial charge on any atom is -0.384 e. The topological polar surface area (TPSA) is 138 Å². The lowest BCUT2D eigenvalue weighted by Gasteiger charge is -2.02. The molecule has 0 saturated carbocycles. The van der Waals surface area contributed by atoms with E-state index in [0.717, 1.165) is 41.7 Å². The lowest BCUT2D eigenvalue weighted by molar-refractivity contribution is 1.30. The summed E-state index contributed by atoms with van der Waals surface area (Å²) in [5, 5.41) is 16.9. The highest BCUT2D eigenvalue weighted by Gasteiger charge is 2.17. The molecule has 0 amide bonds. The first-order chi connectivity index (χ1) is 14.5. The third-order valence-electron chi connectivity index (χ3n) is 4.64. The fourth-order valence-electron chi connectivity index (χ4n) is 3.15. The summed E-state index contributed by atoms with van der Waals surface area (Å²) in [7, 11) is 0. The Morgan fingerprint density at radius 1 is 0.750 bits per heavy atom. The van der Waals surface area contributed by atoms with E-state index >= 15 is 0 Å². The molecule has 0 radical (unpaired) electrons. The number of nitrogens with zero attached hydrogens (tertiary/aromatic N) is 3. The lowest BCUT2D eigenvalue weighted by Crippen LogP contribution is -2.10. The Bertz CT molecular complexity index is 1360. The third kappa shape index (κ3) is 4.15. The second kappa shape index (κ2) is 9.17. The van der Waals surface area contributed by atoms with Crippen LogP contribution < -0.4 is 11.5 Å². The number of nitrogen functional groups attached to an aromatic ring is 2. The van der Waals surface area contributed by atoms with Crippen LogP contribution in [0.2, 0.25) is 0 Å². The van der Waals surface area contributed by atoms with E-state index in [-0.39, 0.29) is 36.5 Å². The van der Waals surface area contributed by atoms with Crippen LogP contribution in [0.15, 0.2) is 54.7 Å². The Hall–Kier alpha value is -3.11. The van der Waals surface area contributed by atoms with Crippen molar-refractivity contribution in [2.75, 3.05) is 0 Å². The summed E-state index contributed by atoms with van der Waals surface area (Å²) in [5.41, 5.74) is 15.9. The summed E-state index contributed by atoms with van der Waals surface area (Å²) in [6.07, 6.45) is 1.74. The number of hydrogen-bond acceptors (Lipinski definition) is 7. The van der Waals surface area contributed by atoms with Crippen molar-refractivity contribution in [3.63, 3.8) is 0 Å². The fraction of sp³-hybridized carbons (Fsp3) is 0. The molecule has 0 fully saturated rings. The maximum atomic E-state index is 7.65. The standard InChI is InChI=1S/C21H15N7S2.2ClH/c22-18(23)10-3-5-13-15(8-10)29-20(27-13)12-2-1-7-26-17(12)21-28-14-6-4-11(19(24)25)9-16(14)30-21;;/h1-9H,(H3,22,23)(H3,24,25);2*1H. The Morgan fingerprint density at radius 2 is 1.28 bits per heavy atom. The zero-order valence-corrected chi connectivity index (χ0v) is 19.6. The monoisotopic (exact) mass is 501 g/mol. The number of nitrogens with one attached hydrogen (secondary N) is 2.